The fourth-order valence-electron chi connectivity index (χ4n) is 4.43. The third-order valence-electron chi connectivity index (χ3n) is 5.94. The molecule has 7 nitrogen and oxygen atoms in total. The van der Waals surface area contributed by atoms with Crippen molar-refractivity contribution in [1.82, 2.24) is 14.8 Å². The Balaban J connectivity index is 1.51. The Morgan fingerprint density at radius 2 is 1.81 bits per heavy atom. The maximum absolute atomic E-state index is 12.8. The van der Waals surface area contributed by atoms with Crippen molar-refractivity contribution in [2.45, 2.75) is 25.4 Å². The molecule has 0 aliphatic carbocycles. The van der Waals surface area contributed by atoms with Crippen LogP contribution < -0.4 is 15.8 Å². The molecule has 1 aliphatic rings. The number of carbonyl (C=O) groups is 2. The Bertz CT molecular complexity index is 1090. The molecular weight excluding hydrogens is 392 g/mol. The number of primary amides is 1. The Hall–Kier alpha value is -3.32. The molecule has 1 aromatic heterocycles. The van der Waals surface area contributed by atoms with E-state index in [9.17, 15) is 9.59 Å². The molecule has 1 saturated heterocycles. The SMILES string of the molecule is COc1ccccc1[C@@H](CNC(=O)Cn1cc(C(N)=O)c2ccccc21)N1CCCC1. The van der Waals surface area contributed by atoms with Crippen molar-refractivity contribution in [3.63, 3.8) is 0 Å². The molecule has 1 fully saturated rings. The van der Waals surface area contributed by atoms with Gasteiger partial charge in [0, 0.05) is 29.2 Å². The number of hydrogen-bond donors (Lipinski definition) is 2. The molecule has 2 amide bonds. The summed E-state index contributed by atoms with van der Waals surface area (Å²) >= 11 is 0. The second-order valence-electron chi connectivity index (χ2n) is 7.86. The number of amides is 2. The van der Waals surface area contributed by atoms with E-state index in [0.717, 1.165) is 48.1 Å². The van der Waals surface area contributed by atoms with Gasteiger partial charge in [-0.25, -0.2) is 0 Å². The van der Waals surface area contributed by atoms with Crippen molar-refractivity contribution < 1.29 is 14.3 Å². The number of nitrogens with zero attached hydrogens (tertiary/aromatic N) is 2. The van der Waals surface area contributed by atoms with Crippen LogP contribution in [0.3, 0.4) is 0 Å². The predicted molar refractivity (Wildman–Crippen MR) is 120 cm³/mol. The van der Waals surface area contributed by atoms with E-state index in [0.29, 0.717) is 12.1 Å². The van der Waals surface area contributed by atoms with Crippen LogP contribution in [0, 0.1) is 0 Å². The average Bonchev–Trinajstić information content (AvgIpc) is 3.43. The topological polar surface area (TPSA) is 89.6 Å². The highest BCUT2D eigenvalue weighted by Crippen LogP contribution is 2.31. The summed E-state index contributed by atoms with van der Waals surface area (Å²) in [6.45, 7) is 2.61. The van der Waals surface area contributed by atoms with Crippen molar-refractivity contribution in [3.8, 4) is 5.75 Å². The Labute approximate surface area is 181 Å². The number of benzene rings is 2. The number of fused-ring (bicyclic) bond motifs is 1. The monoisotopic (exact) mass is 420 g/mol. The minimum atomic E-state index is -0.499. The van der Waals surface area contributed by atoms with Crippen LogP contribution in [-0.2, 0) is 11.3 Å². The van der Waals surface area contributed by atoms with Crippen molar-refractivity contribution in [2.75, 3.05) is 26.7 Å². The fraction of sp³-hybridized carbons (Fsp3) is 0.333. The highest BCUT2D eigenvalue weighted by molar-refractivity contribution is 6.06. The van der Waals surface area contributed by atoms with Gasteiger partial charge in [0.15, 0.2) is 0 Å². The van der Waals surface area contributed by atoms with Crippen LogP contribution in [0.4, 0.5) is 0 Å². The van der Waals surface area contributed by atoms with Gasteiger partial charge in [0.05, 0.1) is 18.7 Å². The first-order chi connectivity index (χ1) is 15.1. The number of methoxy groups -OCH3 is 1. The number of hydrogen-bond acceptors (Lipinski definition) is 4. The van der Waals surface area contributed by atoms with Crippen LogP contribution in [-0.4, -0.2) is 48.0 Å². The van der Waals surface area contributed by atoms with Crippen molar-refractivity contribution >= 4 is 22.7 Å². The number of nitrogens with two attached hydrogens (primary N) is 1. The number of carbonyl (C=O) groups excluding carboxylic acids is 2. The first-order valence-corrected chi connectivity index (χ1v) is 10.6. The van der Waals surface area contributed by atoms with Crippen LogP contribution in [0.1, 0.15) is 34.8 Å². The maximum atomic E-state index is 12.8. The van der Waals surface area contributed by atoms with Gasteiger partial charge < -0.3 is 20.4 Å². The van der Waals surface area contributed by atoms with E-state index >= 15 is 0 Å². The molecule has 0 unspecified atom stereocenters. The van der Waals surface area contributed by atoms with Gasteiger partial charge in [-0.3, -0.25) is 14.5 Å². The number of nitrogens with one attached hydrogen (secondary N) is 1. The van der Waals surface area contributed by atoms with E-state index in [-0.39, 0.29) is 18.5 Å². The molecule has 0 radical (unpaired) electrons. The summed E-state index contributed by atoms with van der Waals surface area (Å²) in [6, 6.07) is 15.5. The van der Waals surface area contributed by atoms with Crippen LogP contribution in [0.2, 0.25) is 0 Å². The number of aromatic nitrogens is 1. The van der Waals surface area contributed by atoms with Gasteiger partial charge in [0.2, 0.25) is 5.91 Å². The lowest BCUT2D eigenvalue weighted by Gasteiger charge is -2.29. The quantitative estimate of drug-likeness (QED) is 0.586. The summed E-state index contributed by atoms with van der Waals surface area (Å²) in [5, 5.41) is 3.84. The zero-order valence-electron chi connectivity index (χ0n) is 17.7. The van der Waals surface area contributed by atoms with Gasteiger partial charge in [-0.1, -0.05) is 36.4 Å². The van der Waals surface area contributed by atoms with Gasteiger partial charge in [0.25, 0.3) is 5.91 Å². The number of rotatable bonds is 8. The van der Waals surface area contributed by atoms with Crippen molar-refractivity contribution in [2.24, 2.45) is 5.73 Å². The zero-order valence-corrected chi connectivity index (χ0v) is 17.7. The van der Waals surface area contributed by atoms with E-state index in [1.807, 2.05) is 42.5 Å². The fourth-order valence-corrected chi connectivity index (χ4v) is 4.43. The first kappa shape index (κ1) is 20.9. The summed E-state index contributed by atoms with van der Waals surface area (Å²) in [4.78, 5) is 27.0. The predicted octanol–water partition coefficient (Wildman–Crippen LogP) is 2.70. The summed E-state index contributed by atoms with van der Waals surface area (Å²) in [5.41, 5.74) is 7.83. The number of ether oxygens (including phenoxy) is 1. The Morgan fingerprint density at radius 3 is 2.55 bits per heavy atom. The van der Waals surface area contributed by atoms with Crippen LogP contribution in [0.15, 0.2) is 54.7 Å². The molecule has 2 aromatic carbocycles. The van der Waals surface area contributed by atoms with Gasteiger partial charge in [-0.2, -0.15) is 0 Å². The molecule has 7 heteroatoms. The molecule has 3 aromatic rings. The molecule has 0 saturated carbocycles. The summed E-state index contributed by atoms with van der Waals surface area (Å²) < 4.78 is 7.35. The van der Waals surface area contributed by atoms with Gasteiger partial charge >= 0.3 is 0 Å². The minimum absolute atomic E-state index is 0.0465. The third-order valence-corrected chi connectivity index (χ3v) is 5.94. The average molecular weight is 421 g/mol. The smallest absolute Gasteiger partial charge is 0.250 e. The second kappa shape index (κ2) is 9.22. The molecule has 1 atom stereocenters. The standard InChI is InChI=1S/C24H28N4O3/c1-31-22-11-5-3-9-18(22)21(27-12-6-7-13-27)14-26-23(29)16-28-15-19(24(25)30)17-8-2-4-10-20(17)28/h2-5,8-11,15,21H,6-7,12-14,16H2,1H3,(H2,25,30)(H,26,29)/t21-/m1/s1. The van der Waals surface area contributed by atoms with E-state index in [1.54, 1.807) is 17.9 Å². The Morgan fingerprint density at radius 1 is 1.10 bits per heavy atom. The largest absolute Gasteiger partial charge is 0.496 e. The lowest BCUT2D eigenvalue weighted by molar-refractivity contribution is -0.121. The normalized spacial score (nSPS) is 15.1. The van der Waals surface area contributed by atoms with E-state index in [4.69, 9.17) is 10.5 Å². The van der Waals surface area contributed by atoms with E-state index < -0.39 is 5.91 Å². The molecule has 2 heterocycles. The highest BCUT2D eigenvalue weighted by Gasteiger charge is 2.26. The molecule has 162 valence electrons. The molecular formula is C24H28N4O3. The first-order valence-electron chi connectivity index (χ1n) is 10.6. The third kappa shape index (κ3) is 4.41. The molecule has 1 aliphatic heterocycles. The van der Waals surface area contributed by atoms with Crippen LogP contribution in [0.5, 0.6) is 5.75 Å². The lowest BCUT2D eigenvalue weighted by Crippen LogP contribution is -2.38. The number of likely N-dealkylation sites (tertiary alicyclic amines) is 1. The molecule has 31 heavy (non-hydrogen) atoms. The summed E-state index contributed by atoms with van der Waals surface area (Å²) in [6.07, 6.45) is 3.97. The van der Waals surface area contributed by atoms with Crippen molar-refractivity contribution in [1.29, 1.82) is 0 Å². The van der Waals surface area contributed by atoms with Crippen molar-refractivity contribution in [3.05, 3.63) is 65.9 Å². The lowest BCUT2D eigenvalue weighted by atomic mass is 10.0. The van der Waals surface area contributed by atoms with Crippen LogP contribution >= 0.6 is 0 Å². The molecule has 3 N–H and O–H groups in total. The number of para-hydroxylation sites is 2. The highest BCUT2D eigenvalue weighted by atomic mass is 16.5. The minimum Gasteiger partial charge on any atom is -0.496 e. The second-order valence-corrected chi connectivity index (χ2v) is 7.86. The van der Waals surface area contributed by atoms with Gasteiger partial charge in [-0.05, 0) is 38.1 Å². The zero-order chi connectivity index (χ0) is 21.8. The molecule has 0 spiro atoms. The summed E-state index contributed by atoms with van der Waals surface area (Å²) in [7, 11) is 1.67. The maximum Gasteiger partial charge on any atom is 0.250 e. The summed E-state index contributed by atoms with van der Waals surface area (Å²) in [5.74, 6) is 0.215. The molecule has 0 bridgehead atoms. The van der Waals surface area contributed by atoms with E-state index in [1.165, 1.54) is 0 Å². The van der Waals surface area contributed by atoms with Crippen LogP contribution in [0.25, 0.3) is 10.9 Å². The Kier molecular flexibility index (Phi) is 6.23. The van der Waals surface area contributed by atoms with E-state index in [2.05, 4.69) is 16.3 Å². The van der Waals surface area contributed by atoms with Gasteiger partial charge in [0.1, 0.15) is 12.3 Å². The van der Waals surface area contributed by atoms with Gasteiger partial charge in [-0.15, -0.1) is 0 Å². The molecule has 4 rings (SSSR count).